The fraction of sp³-hybridized carbons (Fsp3) is 0.600. The van der Waals surface area contributed by atoms with Gasteiger partial charge in [0.25, 0.3) is 0 Å². The third-order valence-corrected chi connectivity index (χ3v) is 5.05. The van der Waals surface area contributed by atoms with Gasteiger partial charge < -0.3 is 5.32 Å². The molecular formula is C15H20Cl2N2. The summed E-state index contributed by atoms with van der Waals surface area (Å²) in [6, 6.07) is 7.55. The smallest absolute Gasteiger partial charge is 0.0639 e. The zero-order chi connectivity index (χ0) is 13.4. The maximum atomic E-state index is 6.28. The van der Waals surface area contributed by atoms with Gasteiger partial charge in [-0.15, -0.1) is 0 Å². The second-order valence-electron chi connectivity index (χ2n) is 5.74. The van der Waals surface area contributed by atoms with Crippen LogP contribution in [0.15, 0.2) is 18.2 Å². The number of rotatable bonds is 4. The van der Waals surface area contributed by atoms with Gasteiger partial charge in [0.05, 0.1) is 10.0 Å². The number of hydrogen-bond acceptors (Lipinski definition) is 2. The summed E-state index contributed by atoms with van der Waals surface area (Å²) < 4.78 is 0. The van der Waals surface area contributed by atoms with Crippen molar-refractivity contribution < 1.29 is 0 Å². The van der Waals surface area contributed by atoms with Crippen molar-refractivity contribution in [2.75, 3.05) is 13.1 Å². The summed E-state index contributed by atoms with van der Waals surface area (Å²) in [4.78, 5) is 2.62. The minimum Gasteiger partial charge on any atom is -0.306 e. The Hall–Kier alpha value is -0.280. The molecule has 2 aliphatic rings. The largest absolute Gasteiger partial charge is 0.306 e. The first-order valence-corrected chi connectivity index (χ1v) is 7.84. The number of nitrogens with zero attached hydrogens (tertiary/aromatic N) is 1. The molecule has 0 radical (unpaired) electrons. The lowest BCUT2D eigenvalue weighted by Crippen LogP contribution is -2.35. The third-order valence-electron chi connectivity index (χ3n) is 4.22. The first-order chi connectivity index (χ1) is 9.15. The Morgan fingerprint density at radius 1 is 1.26 bits per heavy atom. The summed E-state index contributed by atoms with van der Waals surface area (Å²) in [7, 11) is 0. The highest BCUT2D eigenvalue weighted by Gasteiger charge is 2.34. The van der Waals surface area contributed by atoms with E-state index in [1.54, 1.807) is 0 Å². The van der Waals surface area contributed by atoms with E-state index < -0.39 is 0 Å². The number of halogens is 2. The van der Waals surface area contributed by atoms with E-state index in [1.165, 1.54) is 32.4 Å². The van der Waals surface area contributed by atoms with Crippen LogP contribution in [0.2, 0.25) is 10.0 Å². The van der Waals surface area contributed by atoms with Crippen LogP contribution in [0.1, 0.15) is 37.8 Å². The Kier molecular flexibility index (Phi) is 4.04. The van der Waals surface area contributed by atoms with Gasteiger partial charge in [-0.25, -0.2) is 0 Å². The zero-order valence-electron chi connectivity index (χ0n) is 11.2. The van der Waals surface area contributed by atoms with Crippen LogP contribution in [0, 0.1) is 0 Å². The number of hydrogen-bond donors (Lipinski definition) is 1. The van der Waals surface area contributed by atoms with Crippen molar-refractivity contribution in [1.29, 1.82) is 0 Å². The molecule has 0 bridgehead atoms. The van der Waals surface area contributed by atoms with Crippen LogP contribution in [0.5, 0.6) is 0 Å². The van der Waals surface area contributed by atoms with Gasteiger partial charge in [0.15, 0.2) is 0 Å². The van der Waals surface area contributed by atoms with Gasteiger partial charge in [0.2, 0.25) is 0 Å². The van der Waals surface area contributed by atoms with Crippen molar-refractivity contribution in [3.05, 3.63) is 33.8 Å². The van der Waals surface area contributed by atoms with Crippen molar-refractivity contribution in [3.63, 3.8) is 0 Å². The SMILES string of the molecule is CC(NC1CCN(C2CC2)C1)c1cccc(Cl)c1Cl. The van der Waals surface area contributed by atoms with Crippen LogP contribution >= 0.6 is 23.2 Å². The Balaban J connectivity index is 1.61. The molecule has 4 heteroatoms. The van der Waals surface area contributed by atoms with Gasteiger partial charge in [-0.05, 0) is 37.8 Å². The summed E-state index contributed by atoms with van der Waals surface area (Å²) in [5.41, 5.74) is 1.10. The van der Waals surface area contributed by atoms with Crippen LogP contribution in [0.25, 0.3) is 0 Å². The van der Waals surface area contributed by atoms with Gasteiger partial charge in [-0.3, -0.25) is 4.90 Å². The van der Waals surface area contributed by atoms with Crippen molar-refractivity contribution in [3.8, 4) is 0 Å². The lowest BCUT2D eigenvalue weighted by atomic mass is 10.1. The molecule has 104 valence electrons. The van der Waals surface area contributed by atoms with E-state index in [9.17, 15) is 0 Å². The standard InChI is InChI=1S/C15H20Cl2N2/c1-10(13-3-2-4-14(16)15(13)17)18-11-7-8-19(9-11)12-5-6-12/h2-4,10-12,18H,5-9H2,1H3. The molecule has 2 atom stereocenters. The van der Waals surface area contributed by atoms with Crippen LogP contribution in [-0.2, 0) is 0 Å². The predicted octanol–water partition coefficient (Wildman–Crippen LogP) is 3.88. The number of benzene rings is 1. The highest BCUT2D eigenvalue weighted by molar-refractivity contribution is 6.42. The van der Waals surface area contributed by atoms with Crippen molar-refractivity contribution in [1.82, 2.24) is 10.2 Å². The molecule has 1 aliphatic heterocycles. The highest BCUT2D eigenvalue weighted by atomic mass is 35.5. The molecule has 1 aliphatic carbocycles. The van der Waals surface area contributed by atoms with E-state index in [0.29, 0.717) is 16.1 Å². The molecule has 1 saturated heterocycles. The number of nitrogens with one attached hydrogen (secondary N) is 1. The third kappa shape index (κ3) is 3.08. The van der Waals surface area contributed by atoms with Gasteiger partial charge >= 0.3 is 0 Å². The summed E-state index contributed by atoms with van der Waals surface area (Å²) in [5.74, 6) is 0. The Bertz CT molecular complexity index is 459. The lowest BCUT2D eigenvalue weighted by molar-refractivity contribution is 0.313. The highest BCUT2D eigenvalue weighted by Crippen LogP contribution is 2.32. The molecule has 19 heavy (non-hydrogen) atoms. The fourth-order valence-corrected chi connectivity index (χ4v) is 3.46. The normalized spacial score (nSPS) is 25.7. The maximum absolute atomic E-state index is 6.28. The second kappa shape index (κ2) is 5.61. The predicted molar refractivity (Wildman–Crippen MR) is 81.0 cm³/mol. The summed E-state index contributed by atoms with van der Waals surface area (Å²) in [6.07, 6.45) is 4.02. The Labute approximate surface area is 125 Å². The monoisotopic (exact) mass is 298 g/mol. The average Bonchev–Trinajstić information content (AvgIpc) is 3.14. The first-order valence-electron chi connectivity index (χ1n) is 7.09. The van der Waals surface area contributed by atoms with Gasteiger partial charge in [-0.1, -0.05) is 35.3 Å². The van der Waals surface area contributed by atoms with Gasteiger partial charge in [-0.2, -0.15) is 0 Å². The Morgan fingerprint density at radius 3 is 2.79 bits per heavy atom. The molecule has 0 aromatic heterocycles. The molecule has 0 spiro atoms. The van der Waals surface area contributed by atoms with Crippen LogP contribution in [0.4, 0.5) is 0 Å². The van der Waals surface area contributed by atoms with Crippen molar-refractivity contribution >= 4 is 23.2 Å². The van der Waals surface area contributed by atoms with Crippen LogP contribution in [0.3, 0.4) is 0 Å². The molecule has 1 heterocycles. The molecule has 1 aromatic carbocycles. The Morgan fingerprint density at radius 2 is 2.05 bits per heavy atom. The average molecular weight is 299 g/mol. The summed E-state index contributed by atoms with van der Waals surface area (Å²) >= 11 is 12.4. The molecule has 2 unspecified atom stereocenters. The van der Waals surface area contributed by atoms with Crippen LogP contribution < -0.4 is 5.32 Å². The molecule has 1 saturated carbocycles. The molecular weight excluding hydrogens is 279 g/mol. The van der Waals surface area contributed by atoms with Crippen molar-refractivity contribution in [2.45, 2.75) is 44.3 Å². The van der Waals surface area contributed by atoms with Gasteiger partial charge in [0.1, 0.15) is 0 Å². The molecule has 1 aromatic rings. The summed E-state index contributed by atoms with van der Waals surface area (Å²) in [6.45, 7) is 4.57. The van der Waals surface area contributed by atoms with E-state index >= 15 is 0 Å². The van der Waals surface area contributed by atoms with E-state index in [1.807, 2.05) is 12.1 Å². The van der Waals surface area contributed by atoms with Gasteiger partial charge in [0, 0.05) is 31.2 Å². The molecule has 2 nitrogen and oxygen atoms in total. The zero-order valence-corrected chi connectivity index (χ0v) is 12.7. The minimum atomic E-state index is 0.246. The van der Waals surface area contributed by atoms with E-state index in [4.69, 9.17) is 23.2 Å². The van der Waals surface area contributed by atoms with Crippen LogP contribution in [-0.4, -0.2) is 30.1 Å². The molecule has 0 amide bonds. The lowest BCUT2D eigenvalue weighted by Gasteiger charge is -2.21. The summed E-state index contributed by atoms with van der Waals surface area (Å²) in [5, 5.41) is 5.01. The van der Waals surface area contributed by atoms with E-state index in [-0.39, 0.29) is 6.04 Å². The topological polar surface area (TPSA) is 15.3 Å². The second-order valence-corrected chi connectivity index (χ2v) is 6.53. The first kappa shape index (κ1) is 13.7. The molecule has 2 fully saturated rings. The number of likely N-dealkylation sites (tertiary alicyclic amines) is 1. The molecule has 1 N–H and O–H groups in total. The quantitative estimate of drug-likeness (QED) is 0.907. The molecule has 3 rings (SSSR count). The van der Waals surface area contributed by atoms with E-state index in [2.05, 4.69) is 23.2 Å². The van der Waals surface area contributed by atoms with E-state index in [0.717, 1.165) is 11.6 Å². The van der Waals surface area contributed by atoms with Crippen molar-refractivity contribution in [2.24, 2.45) is 0 Å². The fourth-order valence-electron chi connectivity index (χ4n) is 2.99. The maximum Gasteiger partial charge on any atom is 0.0639 e. The minimum absolute atomic E-state index is 0.246.